The fourth-order valence-corrected chi connectivity index (χ4v) is 2.76. The Kier molecular flexibility index (Phi) is 7.81. The maximum absolute atomic E-state index is 12.7. The van der Waals surface area contributed by atoms with Gasteiger partial charge in [-0.15, -0.1) is 0 Å². The van der Waals surface area contributed by atoms with E-state index in [1.807, 2.05) is 0 Å². The van der Waals surface area contributed by atoms with Crippen molar-refractivity contribution in [1.82, 2.24) is 25.5 Å². The summed E-state index contributed by atoms with van der Waals surface area (Å²) < 4.78 is 43.4. The first-order valence-electron chi connectivity index (χ1n) is 9.14. The van der Waals surface area contributed by atoms with Crippen LogP contribution >= 0.6 is 0 Å². The van der Waals surface area contributed by atoms with E-state index in [1.54, 1.807) is 7.05 Å². The molecule has 0 aromatic carbocycles. The molecule has 0 saturated carbocycles. The molecule has 0 aliphatic carbocycles. The van der Waals surface area contributed by atoms with Gasteiger partial charge in [0.25, 0.3) is 0 Å². The van der Waals surface area contributed by atoms with E-state index in [9.17, 15) is 13.2 Å². The third kappa shape index (κ3) is 6.79. The van der Waals surface area contributed by atoms with Gasteiger partial charge in [-0.25, -0.2) is 9.97 Å². The molecule has 1 aromatic rings. The molecule has 0 bridgehead atoms. The number of hydrogen-bond acceptors (Lipinski definition) is 6. The second-order valence-corrected chi connectivity index (χ2v) is 6.95. The molecule has 1 aliphatic heterocycles. The van der Waals surface area contributed by atoms with Crippen molar-refractivity contribution in [2.75, 3.05) is 58.3 Å². The van der Waals surface area contributed by atoms with Gasteiger partial charge >= 0.3 is 6.18 Å². The number of rotatable bonds is 7. The second-order valence-electron chi connectivity index (χ2n) is 6.95. The van der Waals surface area contributed by atoms with Gasteiger partial charge in [0, 0.05) is 51.5 Å². The molecule has 1 aliphatic rings. The van der Waals surface area contributed by atoms with Crippen LogP contribution in [0.4, 0.5) is 19.1 Å². The van der Waals surface area contributed by atoms with E-state index in [2.05, 4.69) is 49.7 Å². The van der Waals surface area contributed by atoms with E-state index < -0.39 is 11.9 Å². The molecule has 1 saturated heterocycles. The summed E-state index contributed by atoms with van der Waals surface area (Å²) in [5.41, 5.74) is -1.04. The van der Waals surface area contributed by atoms with Crippen LogP contribution in [0.2, 0.25) is 0 Å². The number of aliphatic imine (C=N–C) groups is 1. The van der Waals surface area contributed by atoms with E-state index in [0.717, 1.165) is 38.6 Å². The number of nitrogens with zero attached hydrogens (tertiary/aromatic N) is 4. The standard InChI is InChI=1S/C17H28F3N7O/c1-16(2,27-8-10-28-11-9-27)12-25-14(21-3)23-6-7-24-15-22-5-4-13(26-15)17(18,19)20/h4-5H,6-12H2,1-3H3,(H2,21,23,25)(H,22,24,26). The number of morpholine rings is 1. The lowest BCUT2D eigenvalue weighted by molar-refractivity contribution is -0.141. The molecule has 0 amide bonds. The molecular weight excluding hydrogens is 375 g/mol. The summed E-state index contributed by atoms with van der Waals surface area (Å²) in [6.07, 6.45) is -3.41. The van der Waals surface area contributed by atoms with Gasteiger partial charge in [-0.1, -0.05) is 0 Å². The highest BCUT2D eigenvalue weighted by Crippen LogP contribution is 2.27. The average molecular weight is 403 g/mol. The zero-order valence-electron chi connectivity index (χ0n) is 16.4. The third-order valence-electron chi connectivity index (χ3n) is 4.43. The predicted molar refractivity (Wildman–Crippen MR) is 101 cm³/mol. The normalized spacial score (nSPS) is 16.7. The Labute approximate surface area is 163 Å². The Morgan fingerprint density at radius 2 is 1.93 bits per heavy atom. The monoisotopic (exact) mass is 403 g/mol. The van der Waals surface area contributed by atoms with Crippen molar-refractivity contribution >= 4 is 11.9 Å². The minimum Gasteiger partial charge on any atom is -0.379 e. The van der Waals surface area contributed by atoms with Crippen LogP contribution in [-0.2, 0) is 10.9 Å². The fourth-order valence-electron chi connectivity index (χ4n) is 2.76. The van der Waals surface area contributed by atoms with E-state index in [-0.39, 0.29) is 11.5 Å². The second kappa shape index (κ2) is 9.87. The lowest BCUT2D eigenvalue weighted by Crippen LogP contribution is -2.56. The van der Waals surface area contributed by atoms with Crippen molar-refractivity contribution in [3.8, 4) is 0 Å². The minimum absolute atomic E-state index is 0.0620. The van der Waals surface area contributed by atoms with Crippen LogP contribution in [0.15, 0.2) is 17.3 Å². The third-order valence-corrected chi connectivity index (χ3v) is 4.43. The molecule has 2 heterocycles. The molecule has 28 heavy (non-hydrogen) atoms. The van der Waals surface area contributed by atoms with Crippen LogP contribution in [0.5, 0.6) is 0 Å². The molecule has 0 atom stereocenters. The number of ether oxygens (including phenoxy) is 1. The van der Waals surface area contributed by atoms with Crippen molar-refractivity contribution in [2.24, 2.45) is 4.99 Å². The van der Waals surface area contributed by atoms with E-state index in [4.69, 9.17) is 4.74 Å². The molecule has 11 heteroatoms. The molecule has 3 N–H and O–H groups in total. The zero-order valence-corrected chi connectivity index (χ0v) is 16.4. The van der Waals surface area contributed by atoms with E-state index >= 15 is 0 Å². The van der Waals surface area contributed by atoms with Crippen LogP contribution in [0, 0.1) is 0 Å². The van der Waals surface area contributed by atoms with Crippen LogP contribution in [-0.4, -0.2) is 79.4 Å². The summed E-state index contributed by atoms with van der Waals surface area (Å²) in [6.45, 7) is 9.04. The van der Waals surface area contributed by atoms with Crippen LogP contribution < -0.4 is 16.0 Å². The Balaban J connectivity index is 1.74. The molecule has 0 radical (unpaired) electrons. The molecular formula is C17H28F3N7O. The first-order chi connectivity index (χ1) is 13.2. The van der Waals surface area contributed by atoms with Gasteiger partial charge in [0.2, 0.25) is 5.95 Å². The average Bonchev–Trinajstić information content (AvgIpc) is 2.67. The Bertz CT molecular complexity index is 646. The van der Waals surface area contributed by atoms with Crippen LogP contribution in [0.1, 0.15) is 19.5 Å². The number of guanidine groups is 1. The molecule has 1 fully saturated rings. The maximum Gasteiger partial charge on any atom is 0.433 e. The van der Waals surface area contributed by atoms with Crippen LogP contribution in [0.25, 0.3) is 0 Å². The summed E-state index contributed by atoms with van der Waals surface area (Å²) in [5.74, 6) is 0.557. The predicted octanol–water partition coefficient (Wildman–Crippen LogP) is 1.18. The first kappa shape index (κ1) is 22.2. The zero-order chi connectivity index (χ0) is 20.6. The largest absolute Gasteiger partial charge is 0.433 e. The minimum atomic E-state index is -4.49. The fraction of sp³-hybridized carbons (Fsp3) is 0.706. The van der Waals surface area contributed by atoms with Crippen molar-refractivity contribution in [2.45, 2.75) is 25.6 Å². The SMILES string of the molecule is CN=C(NCCNc1nccc(C(F)(F)F)n1)NCC(C)(C)N1CCOCC1. The van der Waals surface area contributed by atoms with Gasteiger partial charge in [-0.05, 0) is 19.9 Å². The number of alkyl halides is 3. The molecule has 8 nitrogen and oxygen atoms in total. The van der Waals surface area contributed by atoms with Crippen molar-refractivity contribution in [3.05, 3.63) is 18.0 Å². The molecule has 2 rings (SSSR count). The summed E-state index contributed by atoms with van der Waals surface area (Å²) >= 11 is 0. The first-order valence-corrected chi connectivity index (χ1v) is 9.14. The highest BCUT2D eigenvalue weighted by molar-refractivity contribution is 5.79. The summed E-state index contributed by atoms with van der Waals surface area (Å²) in [7, 11) is 1.67. The topological polar surface area (TPSA) is 86.7 Å². The summed E-state index contributed by atoms with van der Waals surface area (Å²) in [5, 5.41) is 9.17. The molecule has 0 unspecified atom stereocenters. The Morgan fingerprint density at radius 1 is 1.21 bits per heavy atom. The number of anilines is 1. The van der Waals surface area contributed by atoms with E-state index in [0.29, 0.717) is 25.6 Å². The Morgan fingerprint density at radius 3 is 2.57 bits per heavy atom. The molecule has 158 valence electrons. The van der Waals surface area contributed by atoms with Gasteiger partial charge in [0.1, 0.15) is 5.69 Å². The lowest BCUT2D eigenvalue weighted by Gasteiger charge is -2.41. The number of halogens is 3. The molecule has 1 aromatic heterocycles. The number of hydrogen-bond donors (Lipinski definition) is 3. The molecule has 0 spiro atoms. The summed E-state index contributed by atoms with van der Waals surface area (Å²) in [4.78, 5) is 13.8. The van der Waals surface area contributed by atoms with Gasteiger partial charge in [0.15, 0.2) is 5.96 Å². The highest BCUT2D eigenvalue weighted by atomic mass is 19.4. The van der Waals surface area contributed by atoms with Gasteiger partial charge in [-0.2, -0.15) is 13.2 Å². The Hall–Kier alpha value is -2.14. The van der Waals surface area contributed by atoms with Gasteiger partial charge < -0.3 is 20.7 Å². The van der Waals surface area contributed by atoms with Crippen LogP contribution in [0.3, 0.4) is 0 Å². The summed E-state index contributed by atoms with van der Waals surface area (Å²) in [6, 6.07) is 0.839. The van der Waals surface area contributed by atoms with Crippen molar-refractivity contribution in [3.63, 3.8) is 0 Å². The van der Waals surface area contributed by atoms with Gasteiger partial charge in [0.05, 0.1) is 13.2 Å². The van der Waals surface area contributed by atoms with Gasteiger partial charge in [-0.3, -0.25) is 9.89 Å². The van der Waals surface area contributed by atoms with Crippen molar-refractivity contribution < 1.29 is 17.9 Å². The highest BCUT2D eigenvalue weighted by Gasteiger charge is 2.32. The van der Waals surface area contributed by atoms with E-state index in [1.165, 1.54) is 0 Å². The smallest absolute Gasteiger partial charge is 0.379 e. The number of aromatic nitrogens is 2. The maximum atomic E-state index is 12.7. The lowest BCUT2D eigenvalue weighted by atomic mass is 10.0. The number of nitrogens with one attached hydrogen (secondary N) is 3. The quantitative estimate of drug-likeness (QED) is 0.358. The van der Waals surface area contributed by atoms with Crippen molar-refractivity contribution in [1.29, 1.82) is 0 Å².